The molecule has 1 aliphatic rings. The molecule has 1 aliphatic carbocycles. The van der Waals surface area contributed by atoms with E-state index in [2.05, 4.69) is 50.0 Å². The fraction of sp³-hybridized carbons (Fsp3) is 0.100. The monoisotopic (exact) mass is 173 g/mol. The summed E-state index contributed by atoms with van der Waals surface area (Å²) in [5, 5.41) is 2.13. The molecule has 0 bridgehead atoms. The fourth-order valence-corrected chi connectivity index (χ4v) is 2.19. The van der Waals surface area contributed by atoms with Crippen LogP contribution in [0.15, 0.2) is 17.5 Å². The predicted octanol–water partition coefficient (Wildman–Crippen LogP) is 2.02. The van der Waals surface area contributed by atoms with Gasteiger partial charge in [0.2, 0.25) is 0 Å². The average molecular weight is 173 g/mol. The number of hydrogen-bond donors (Lipinski definition) is 0. The molecule has 1 aromatic rings. The molecule has 0 atom stereocenters. The summed E-state index contributed by atoms with van der Waals surface area (Å²) in [5.41, 5.74) is 0. The molecule has 5 radical (unpaired) electrons. The lowest BCUT2D eigenvalue weighted by molar-refractivity contribution is 1.48. The third-order valence-corrected chi connectivity index (χ3v) is 3.21. The van der Waals surface area contributed by atoms with Gasteiger partial charge in [0.15, 0.2) is 6.71 Å². The molecule has 1 aromatic heterocycles. The molecule has 59 valence electrons. The Labute approximate surface area is 79.1 Å². The lowest BCUT2D eigenvalue weighted by Gasteiger charge is -2.11. The first-order valence-electron chi connectivity index (χ1n) is 4.13. The Kier molecular flexibility index (Phi) is 2.55. The number of thiophene rings is 1. The van der Waals surface area contributed by atoms with Crippen molar-refractivity contribution >= 4 is 22.8 Å². The van der Waals surface area contributed by atoms with Crippen LogP contribution in [0.25, 0.3) is 0 Å². The van der Waals surface area contributed by atoms with Crippen molar-refractivity contribution in [3.8, 4) is 0 Å². The first-order chi connectivity index (χ1) is 5.88. The third-order valence-electron chi connectivity index (χ3n) is 2.16. The Morgan fingerprint density at radius 1 is 1.25 bits per heavy atom. The first-order valence-corrected chi connectivity index (χ1v) is 5.01. The summed E-state index contributed by atoms with van der Waals surface area (Å²) in [6.07, 6.45) is 8.56. The minimum absolute atomic E-state index is 0.556. The van der Waals surface area contributed by atoms with E-state index in [1.807, 2.05) is 11.3 Å². The molecular formula is C10H10BS. The Balaban J connectivity index is 2.04. The van der Waals surface area contributed by atoms with Crippen molar-refractivity contribution in [3.63, 3.8) is 0 Å². The van der Waals surface area contributed by atoms with E-state index >= 15 is 0 Å². The molecule has 0 amide bonds. The average Bonchev–Trinajstić information content (AvgIpc) is 2.77. The summed E-state index contributed by atoms with van der Waals surface area (Å²) in [5.74, 6) is 1.41. The van der Waals surface area contributed by atoms with Gasteiger partial charge in [-0.3, -0.25) is 0 Å². The zero-order chi connectivity index (χ0) is 8.39. The highest BCUT2D eigenvalue weighted by atomic mass is 32.1. The van der Waals surface area contributed by atoms with Gasteiger partial charge < -0.3 is 0 Å². The lowest BCUT2D eigenvalue weighted by atomic mass is 9.41. The third kappa shape index (κ3) is 1.58. The van der Waals surface area contributed by atoms with Crippen LogP contribution >= 0.6 is 11.3 Å². The topological polar surface area (TPSA) is 0 Å². The van der Waals surface area contributed by atoms with Gasteiger partial charge in [-0.05, 0) is 41.7 Å². The van der Waals surface area contributed by atoms with Gasteiger partial charge in [-0.2, -0.15) is 11.3 Å². The minimum atomic E-state index is 0.556. The Bertz CT molecular complexity index is 224. The summed E-state index contributed by atoms with van der Waals surface area (Å²) in [7, 11) is 0. The molecule has 1 heterocycles. The molecule has 0 saturated heterocycles. The van der Waals surface area contributed by atoms with Crippen LogP contribution in [-0.2, 0) is 0 Å². The molecule has 2 heteroatoms. The smallest absolute Gasteiger partial charge is 0.159 e. The maximum Gasteiger partial charge on any atom is 0.192 e. The van der Waals surface area contributed by atoms with E-state index in [4.69, 9.17) is 0 Å². The van der Waals surface area contributed by atoms with E-state index in [-0.39, 0.29) is 0 Å². The maximum absolute atomic E-state index is 2.25. The van der Waals surface area contributed by atoms with Crippen molar-refractivity contribution in [1.82, 2.24) is 0 Å². The van der Waals surface area contributed by atoms with Crippen LogP contribution in [0.3, 0.4) is 0 Å². The van der Waals surface area contributed by atoms with E-state index in [0.717, 1.165) is 0 Å². The van der Waals surface area contributed by atoms with Crippen LogP contribution in [-0.4, -0.2) is 6.71 Å². The quantitative estimate of drug-likeness (QED) is 0.600. The standard InChI is InChI=1S/C10H10BS/c1-11(9-5-2-3-6-9)10-7-4-8-12-10/h2-8H,1H3. The second-order valence-electron chi connectivity index (χ2n) is 2.96. The molecule has 1 fully saturated rings. The van der Waals surface area contributed by atoms with Crippen molar-refractivity contribution in [3.05, 3.63) is 49.0 Å². The molecule has 0 unspecified atom stereocenters. The van der Waals surface area contributed by atoms with Crippen molar-refractivity contribution in [2.75, 3.05) is 0 Å². The van der Waals surface area contributed by atoms with Crippen molar-refractivity contribution in [2.45, 2.75) is 6.82 Å². The molecule has 0 N–H and O–H groups in total. The fourth-order valence-electron chi connectivity index (χ4n) is 1.38. The maximum atomic E-state index is 2.25. The van der Waals surface area contributed by atoms with Gasteiger partial charge in [0.05, 0.1) is 0 Å². The highest BCUT2D eigenvalue weighted by molar-refractivity contribution is 7.22. The number of rotatable bonds is 2. The van der Waals surface area contributed by atoms with E-state index < -0.39 is 0 Å². The van der Waals surface area contributed by atoms with Gasteiger partial charge in [-0.15, -0.1) is 0 Å². The molecule has 0 spiro atoms. The van der Waals surface area contributed by atoms with Gasteiger partial charge in [-0.1, -0.05) is 19.0 Å². The van der Waals surface area contributed by atoms with Crippen LogP contribution in [0.4, 0.5) is 0 Å². The second-order valence-corrected chi connectivity index (χ2v) is 3.93. The summed E-state index contributed by atoms with van der Waals surface area (Å²) in [6.45, 7) is 2.81. The molecule has 12 heavy (non-hydrogen) atoms. The molecule has 0 aromatic carbocycles. The second kappa shape index (κ2) is 3.65. The van der Waals surface area contributed by atoms with Crippen LogP contribution in [0.2, 0.25) is 6.82 Å². The Hall–Kier alpha value is -0.235. The highest BCUT2D eigenvalue weighted by Gasteiger charge is 2.27. The molecular weight excluding hydrogens is 163 g/mol. The van der Waals surface area contributed by atoms with Gasteiger partial charge >= 0.3 is 0 Å². The van der Waals surface area contributed by atoms with E-state index in [1.54, 1.807) is 0 Å². The SMILES string of the molecule is CB([C]1[CH][CH][CH][CH]1)c1cccs1. The largest absolute Gasteiger partial charge is 0.192 e. The number of hydrogen-bond acceptors (Lipinski definition) is 1. The van der Waals surface area contributed by atoms with E-state index in [0.29, 0.717) is 6.71 Å². The molecule has 2 rings (SSSR count). The lowest BCUT2D eigenvalue weighted by Crippen LogP contribution is -2.30. The van der Waals surface area contributed by atoms with Crippen molar-refractivity contribution in [2.24, 2.45) is 0 Å². The highest BCUT2D eigenvalue weighted by Crippen LogP contribution is 2.25. The van der Waals surface area contributed by atoms with Gasteiger partial charge in [-0.25, -0.2) is 0 Å². The van der Waals surface area contributed by atoms with Crippen LogP contribution in [0, 0.1) is 31.5 Å². The zero-order valence-corrected chi connectivity index (χ0v) is 7.84. The van der Waals surface area contributed by atoms with E-state index in [9.17, 15) is 0 Å². The van der Waals surface area contributed by atoms with E-state index in [1.165, 1.54) is 10.6 Å². The summed E-state index contributed by atoms with van der Waals surface area (Å²) < 4.78 is 1.45. The summed E-state index contributed by atoms with van der Waals surface area (Å²) in [4.78, 5) is 0. The summed E-state index contributed by atoms with van der Waals surface area (Å²) in [6, 6.07) is 4.31. The van der Waals surface area contributed by atoms with Crippen molar-refractivity contribution < 1.29 is 0 Å². The first kappa shape index (κ1) is 8.37. The predicted molar refractivity (Wildman–Crippen MR) is 56.0 cm³/mol. The molecule has 0 nitrogen and oxygen atoms in total. The van der Waals surface area contributed by atoms with Gasteiger partial charge in [0, 0.05) is 0 Å². The van der Waals surface area contributed by atoms with Crippen LogP contribution in [0.5, 0.6) is 0 Å². The molecule has 0 aliphatic heterocycles. The minimum Gasteiger partial charge on any atom is -0.159 e. The molecule has 1 saturated carbocycles. The van der Waals surface area contributed by atoms with Crippen LogP contribution in [0.1, 0.15) is 0 Å². The van der Waals surface area contributed by atoms with Crippen molar-refractivity contribution in [1.29, 1.82) is 0 Å². The Morgan fingerprint density at radius 3 is 2.58 bits per heavy atom. The van der Waals surface area contributed by atoms with Gasteiger partial charge in [0.25, 0.3) is 0 Å². The van der Waals surface area contributed by atoms with Crippen LogP contribution < -0.4 is 4.78 Å². The normalized spacial score (nSPS) is 18.4. The zero-order valence-electron chi connectivity index (χ0n) is 7.03. The Morgan fingerprint density at radius 2 is 2.00 bits per heavy atom. The van der Waals surface area contributed by atoms with Gasteiger partial charge in [0.1, 0.15) is 0 Å². The summed E-state index contributed by atoms with van der Waals surface area (Å²) >= 11 is 1.83.